The highest BCUT2D eigenvalue weighted by atomic mass is 16.7. The molecule has 0 bridgehead atoms. The van der Waals surface area contributed by atoms with Crippen LogP contribution in [0.1, 0.15) is 103 Å². The molecule has 0 N–H and O–H groups in total. The van der Waals surface area contributed by atoms with Gasteiger partial charge in [-0.3, -0.25) is 0 Å². The Bertz CT molecular complexity index is 1720. The molecule has 0 aromatic heterocycles. The SMILES string of the molecule is CCC1(CC)c2ccccc2-c2ccc(-c3ccc4c(c3)C(CC)(CC)c3cc(B5OC(C)(C)C(C)(C)O5)ccc3-4)cc21. The molecule has 0 unspecified atom stereocenters. The first-order valence-corrected chi connectivity index (χ1v) is 16.5. The van der Waals surface area contributed by atoms with Crippen molar-refractivity contribution in [2.75, 3.05) is 0 Å². The van der Waals surface area contributed by atoms with Gasteiger partial charge in [0.1, 0.15) is 0 Å². The molecule has 0 amide bonds. The van der Waals surface area contributed by atoms with Crippen molar-refractivity contribution in [2.24, 2.45) is 0 Å². The topological polar surface area (TPSA) is 18.5 Å². The molecule has 7 rings (SSSR count). The Hall–Kier alpha value is -3.14. The fourth-order valence-corrected chi connectivity index (χ4v) is 8.48. The fraction of sp³-hybridized carbons (Fsp3) is 0.400. The van der Waals surface area contributed by atoms with Gasteiger partial charge in [-0.05, 0) is 127 Å². The van der Waals surface area contributed by atoms with Crippen LogP contribution in [0.15, 0.2) is 78.9 Å². The summed E-state index contributed by atoms with van der Waals surface area (Å²) in [4.78, 5) is 0. The van der Waals surface area contributed by atoms with Crippen molar-refractivity contribution >= 4 is 12.6 Å². The molecule has 3 aliphatic rings. The van der Waals surface area contributed by atoms with Gasteiger partial charge in [0.05, 0.1) is 11.2 Å². The van der Waals surface area contributed by atoms with Crippen LogP contribution in [-0.2, 0) is 20.1 Å². The lowest BCUT2D eigenvalue weighted by Gasteiger charge is -2.32. The molecule has 1 saturated heterocycles. The van der Waals surface area contributed by atoms with E-state index in [9.17, 15) is 0 Å². The van der Waals surface area contributed by atoms with E-state index in [1.807, 2.05) is 0 Å². The Labute approximate surface area is 259 Å². The maximum atomic E-state index is 6.47. The molecule has 1 fully saturated rings. The van der Waals surface area contributed by atoms with Crippen LogP contribution in [-0.4, -0.2) is 18.3 Å². The second-order valence-electron chi connectivity index (χ2n) is 14.0. The normalized spacial score (nSPS) is 19.6. The van der Waals surface area contributed by atoms with E-state index in [0.29, 0.717) is 0 Å². The van der Waals surface area contributed by atoms with Crippen LogP contribution in [0.5, 0.6) is 0 Å². The third-order valence-corrected chi connectivity index (χ3v) is 11.9. The molecule has 0 atom stereocenters. The standard InChI is InChI=1S/C40H45BO2/c1-9-39(10-2)33-16-14-13-15-29(33)30-20-17-26(23-34(30)39)27-18-21-31-32-22-19-28(41-42-37(5,6)38(7,8)43-41)25-36(32)40(11-3,12-4)35(31)24-27/h13-25H,9-12H2,1-8H3. The number of rotatable bonds is 6. The smallest absolute Gasteiger partial charge is 0.399 e. The van der Waals surface area contributed by atoms with Crippen molar-refractivity contribution in [2.45, 2.75) is 103 Å². The number of hydrogen-bond donors (Lipinski definition) is 0. The zero-order valence-corrected chi connectivity index (χ0v) is 27.2. The zero-order chi connectivity index (χ0) is 30.4. The minimum atomic E-state index is -0.356. The molecular formula is C40H45BO2. The van der Waals surface area contributed by atoms with Gasteiger partial charge in [-0.1, -0.05) is 94.4 Å². The Balaban J connectivity index is 1.32. The van der Waals surface area contributed by atoms with Crippen molar-refractivity contribution in [3.8, 4) is 33.4 Å². The van der Waals surface area contributed by atoms with Crippen LogP contribution in [0.25, 0.3) is 33.4 Å². The van der Waals surface area contributed by atoms with Gasteiger partial charge in [0.15, 0.2) is 0 Å². The molecule has 0 spiro atoms. The van der Waals surface area contributed by atoms with Gasteiger partial charge < -0.3 is 9.31 Å². The van der Waals surface area contributed by atoms with E-state index in [0.717, 1.165) is 31.1 Å². The molecule has 1 aliphatic heterocycles. The van der Waals surface area contributed by atoms with E-state index < -0.39 is 0 Å². The van der Waals surface area contributed by atoms with E-state index in [-0.39, 0.29) is 29.2 Å². The summed E-state index contributed by atoms with van der Waals surface area (Å²) in [6, 6.07) is 30.4. The third kappa shape index (κ3) is 3.80. The summed E-state index contributed by atoms with van der Waals surface area (Å²) in [5.74, 6) is 0. The summed E-state index contributed by atoms with van der Waals surface area (Å²) in [6.07, 6.45) is 4.31. The van der Waals surface area contributed by atoms with Gasteiger partial charge in [0.25, 0.3) is 0 Å². The van der Waals surface area contributed by atoms with Crippen LogP contribution in [0.3, 0.4) is 0 Å². The van der Waals surface area contributed by atoms with Gasteiger partial charge in [-0.2, -0.15) is 0 Å². The quantitative estimate of drug-likeness (QED) is 0.216. The highest BCUT2D eigenvalue weighted by Gasteiger charge is 2.52. The van der Waals surface area contributed by atoms with Crippen LogP contribution in [0.2, 0.25) is 0 Å². The first kappa shape index (κ1) is 28.6. The average Bonchev–Trinajstić information content (AvgIpc) is 3.55. The maximum Gasteiger partial charge on any atom is 0.494 e. The molecule has 2 nitrogen and oxygen atoms in total. The molecular weight excluding hydrogens is 523 g/mol. The van der Waals surface area contributed by atoms with Crippen LogP contribution < -0.4 is 5.46 Å². The molecule has 0 saturated carbocycles. The van der Waals surface area contributed by atoms with Crippen molar-refractivity contribution in [3.05, 3.63) is 101 Å². The Morgan fingerprint density at radius 1 is 0.488 bits per heavy atom. The highest BCUT2D eigenvalue weighted by Crippen LogP contribution is 2.55. The first-order chi connectivity index (χ1) is 20.6. The lowest BCUT2D eigenvalue weighted by molar-refractivity contribution is 0.00578. The average molecular weight is 569 g/mol. The molecule has 220 valence electrons. The molecule has 4 aromatic carbocycles. The summed E-state index contributed by atoms with van der Waals surface area (Å²) >= 11 is 0. The maximum absolute atomic E-state index is 6.47. The molecule has 1 heterocycles. The van der Waals surface area contributed by atoms with E-state index in [1.54, 1.807) is 0 Å². The zero-order valence-electron chi connectivity index (χ0n) is 27.2. The minimum Gasteiger partial charge on any atom is -0.399 e. The summed E-state index contributed by atoms with van der Waals surface area (Å²) in [5.41, 5.74) is 14.5. The molecule has 3 heteroatoms. The van der Waals surface area contributed by atoms with Crippen LogP contribution >= 0.6 is 0 Å². The van der Waals surface area contributed by atoms with Crippen LogP contribution in [0, 0.1) is 0 Å². The molecule has 0 radical (unpaired) electrons. The Kier molecular flexibility index (Phi) is 6.45. The third-order valence-electron chi connectivity index (χ3n) is 11.9. The second kappa shape index (κ2) is 9.68. The molecule has 43 heavy (non-hydrogen) atoms. The van der Waals surface area contributed by atoms with E-state index in [1.165, 1.54) is 55.6 Å². The van der Waals surface area contributed by atoms with Gasteiger partial charge in [-0.25, -0.2) is 0 Å². The number of hydrogen-bond acceptors (Lipinski definition) is 2. The second-order valence-corrected chi connectivity index (χ2v) is 14.0. The van der Waals surface area contributed by atoms with Crippen molar-refractivity contribution in [3.63, 3.8) is 0 Å². The highest BCUT2D eigenvalue weighted by molar-refractivity contribution is 6.62. The van der Waals surface area contributed by atoms with Crippen molar-refractivity contribution in [1.82, 2.24) is 0 Å². The summed E-state index contributed by atoms with van der Waals surface area (Å²) < 4.78 is 12.9. The van der Waals surface area contributed by atoms with E-state index in [2.05, 4.69) is 134 Å². The van der Waals surface area contributed by atoms with E-state index in [4.69, 9.17) is 9.31 Å². The lowest BCUT2D eigenvalue weighted by atomic mass is 9.70. The van der Waals surface area contributed by atoms with Gasteiger partial charge in [-0.15, -0.1) is 0 Å². The lowest BCUT2D eigenvalue weighted by Crippen LogP contribution is -2.41. The Morgan fingerprint density at radius 3 is 1.42 bits per heavy atom. The van der Waals surface area contributed by atoms with Gasteiger partial charge >= 0.3 is 7.12 Å². The van der Waals surface area contributed by atoms with Gasteiger partial charge in [0, 0.05) is 10.8 Å². The minimum absolute atomic E-state index is 0.0378. The monoisotopic (exact) mass is 568 g/mol. The number of benzene rings is 4. The summed E-state index contributed by atoms with van der Waals surface area (Å²) in [5, 5.41) is 0. The van der Waals surface area contributed by atoms with Crippen LogP contribution in [0.4, 0.5) is 0 Å². The number of fused-ring (bicyclic) bond motifs is 6. The first-order valence-electron chi connectivity index (χ1n) is 16.5. The summed E-state index contributed by atoms with van der Waals surface area (Å²) in [7, 11) is -0.353. The largest absolute Gasteiger partial charge is 0.494 e. The predicted octanol–water partition coefficient (Wildman–Crippen LogP) is 9.83. The predicted molar refractivity (Wildman–Crippen MR) is 181 cm³/mol. The van der Waals surface area contributed by atoms with Crippen molar-refractivity contribution in [1.29, 1.82) is 0 Å². The molecule has 4 aromatic rings. The van der Waals surface area contributed by atoms with E-state index >= 15 is 0 Å². The van der Waals surface area contributed by atoms with Crippen molar-refractivity contribution < 1.29 is 9.31 Å². The summed E-state index contributed by atoms with van der Waals surface area (Å²) in [6.45, 7) is 17.9. The Morgan fingerprint density at radius 2 is 0.907 bits per heavy atom. The molecule has 2 aliphatic carbocycles. The fourth-order valence-electron chi connectivity index (χ4n) is 8.48. The van der Waals surface area contributed by atoms with Gasteiger partial charge in [0.2, 0.25) is 0 Å².